The van der Waals surface area contributed by atoms with Crippen LogP contribution in [-0.2, 0) is 6.54 Å². The lowest BCUT2D eigenvalue weighted by Gasteiger charge is -2.54. The Kier molecular flexibility index (Phi) is 2.38. The van der Waals surface area contributed by atoms with E-state index in [0.29, 0.717) is 11.6 Å². The molecule has 5 rings (SSSR count). The van der Waals surface area contributed by atoms with Crippen LogP contribution >= 0.6 is 0 Å². The largest absolute Gasteiger partial charge is 0.491 e. The standard InChI is InChI=1S/C15H19N3O/c16-6-14-15(19)17-8-18(14)7-13-11-2-9-1-10(4-11)5-12(13)3-9/h8-13,19H,1-5,7H2. The van der Waals surface area contributed by atoms with Gasteiger partial charge in [0, 0.05) is 6.54 Å². The average Bonchev–Trinajstić information content (AvgIpc) is 2.73. The van der Waals surface area contributed by atoms with Gasteiger partial charge in [0.05, 0.1) is 6.33 Å². The van der Waals surface area contributed by atoms with Crippen molar-refractivity contribution < 1.29 is 5.11 Å². The zero-order valence-electron chi connectivity index (χ0n) is 11.0. The lowest BCUT2D eigenvalue weighted by molar-refractivity contribution is -0.0431. The number of hydrogen-bond donors (Lipinski definition) is 1. The highest BCUT2D eigenvalue weighted by Gasteiger charge is 2.48. The molecule has 0 unspecified atom stereocenters. The smallest absolute Gasteiger partial charge is 0.248 e. The molecular weight excluding hydrogens is 238 g/mol. The van der Waals surface area contributed by atoms with E-state index in [0.717, 1.165) is 30.2 Å². The van der Waals surface area contributed by atoms with Crippen molar-refractivity contribution in [3.05, 3.63) is 12.0 Å². The van der Waals surface area contributed by atoms with E-state index < -0.39 is 0 Å². The van der Waals surface area contributed by atoms with Crippen LogP contribution in [0.25, 0.3) is 0 Å². The number of aromatic nitrogens is 2. The van der Waals surface area contributed by atoms with Crippen molar-refractivity contribution in [2.24, 2.45) is 29.6 Å². The molecule has 0 aliphatic heterocycles. The predicted octanol–water partition coefficient (Wildman–Crippen LogP) is 2.53. The zero-order valence-corrected chi connectivity index (χ0v) is 11.0. The van der Waals surface area contributed by atoms with Gasteiger partial charge in [0.2, 0.25) is 5.88 Å². The Morgan fingerprint density at radius 1 is 1.21 bits per heavy atom. The van der Waals surface area contributed by atoms with Crippen LogP contribution in [0.1, 0.15) is 37.8 Å². The first kappa shape index (κ1) is 11.3. The molecule has 0 spiro atoms. The van der Waals surface area contributed by atoms with Crippen LogP contribution in [-0.4, -0.2) is 14.7 Å². The molecule has 1 aromatic heterocycles. The molecule has 0 amide bonds. The number of nitriles is 1. The van der Waals surface area contributed by atoms with Gasteiger partial charge < -0.3 is 9.67 Å². The van der Waals surface area contributed by atoms with Gasteiger partial charge in [-0.1, -0.05) is 0 Å². The normalized spacial score (nSPS) is 39.4. The molecule has 4 bridgehead atoms. The van der Waals surface area contributed by atoms with Crippen molar-refractivity contribution in [3.63, 3.8) is 0 Å². The molecule has 4 heteroatoms. The van der Waals surface area contributed by atoms with Gasteiger partial charge in [0.1, 0.15) is 6.07 Å². The van der Waals surface area contributed by atoms with Crippen LogP contribution in [0.3, 0.4) is 0 Å². The lowest BCUT2D eigenvalue weighted by atomic mass is 9.52. The van der Waals surface area contributed by atoms with Crippen LogP contribution in [0.4, 0.5) is 0 Å². The molecule has 4 aliphatic carbocycles. The SMILES string of the molecule is N#Cc1c(O)ncn1CC1C2CC3CC(C2)CC1C3. The fraction of sp³-hybridized carbons (Fsp3) is 0.733. The fourth-order valence-electron chi connectivity index (χ4n) is 5.19. The van der Waals surface area contributed by atoms with Crippen molar-refractivity contribution in [3.8, 4) is 11.9 Å². The van der Waals surface area contributed by atoms with Crippen molar-refractivity contribution in [1.29, 1.82) is 5.26 Å². The first-order valence-corrected chi connectivity index (χ1v) is 7.38. The molecule has 4 nitrogen and oxygen atoms in total. The van der Waals surface area contributed by atoms with Gasteiger partial charge in [0.15, 0.2) is 5.69 Å². The number of imidazole rings is 1. The van der Waals surface area contributed by atoms with Gasteiger partial charge in [-0.05, 0) is 61.7 Å². The summed E-state index contributed by atoms with van der Waals surface area (Å²) < 4.78 is 1.86. The summed E-state index contributed by atoms with van der Waals surface area (Å²) in [5.74, 6) is 4.20. The molecule has 0 aromatic carbocycles. The predicted molar refractivity (Wildman–Crippen MR) is 69.1 cm³/mol. The van der Waals surface area contributed by atoms with E-state index in [-0.39, 0.29) is 5.88 Å². The summed E-state index contributed by atoms with van der Waals surface area (Å²) in [5.41, 5.74) is 0.328. The zero-order chi connectivity index (χ0) is 13.0. The molecule has 1 aromatic rings. The van der Waals surface area contributed by atoms with E-state index in [1.54, 1.807) is 6.33 Å². The minimum Gasteiger partial charge on any atom is -0.491 e. The fourth-order valence-corrected chi connectivity index (χ4v) is 5.19. The maximum absolute atomic E-state index is 9.56. The monoisotopic (exact) mass is 257 g/mol. The second-order valence-electron chi connectivity index (χ2n) is 6.78. The summed E-state index contributed by atoms with van der Waals surface area (Å²) in [4.78, 5) is 3.87. The summed E-state index contributed by atoms with van der Waals surface area (Å²) in [6.07, 6.45) is 8.65. The Hall–Kier alpha value is -1.50. The van der Waals surface area contributed by atoms with Gasteiger partial charge in [0.25, 0.3) is 0 Å². The Labute approximate surface area is 113 Å². The third kappa shape index (κ3) is 1.68. The lowest BCUT2D eigenvalue weighted by Crippen LogP contribution is -2.46. The number of rotatable bonds is 2. The van der Waals surface area contributed by atoms with E-state index in [1.165, 1.54) is 32.1 Å². The van der Waals surface area contributed by atoms with Crippen LogP contribution in [0.15, 0.2) is 6.33 Å². The van der Waals surface area contributed by atoms with Crippen LogP contribution in [0.5, 0.6) is 5.88 Å². The van der Waals surface area contributed by atoms with Gasteiger partial charge in [-0.3, -0.25) is 0 Å². The molecule has 4 fully saturated rings. The topological polar surface area (TPSA) is 61.8 Å². The Bertz CT molecular complexity index is 514. The molecule has 0 saturated heterocycles. The summed E-state index contributed by atoms with van der Waals surface area (Å²) >= 11 is 0. The van der Waals surface area contributed by atoms with Gasteiger partial charge in [-0.25, -0.2) is 4.98 Å². The molecular formula is C15H19N3O. The summed E-state index contributed by atoms with van der Waals surface area (Å²) in [5, 5.41) is 18.7. The molecule has 100 valence electrons. The molecule has 4 aliphatic rings. The number of aromatic hydroxyl groups is 1. The third-order valence-corrected chi connectivity index (χ3v) is 5.75. The van der Waals surface area contributed by atoms with E-state index in [2.05, 4.69) is 11.1 Å². The van der Waals surface area contributed by atoms with Crippen molar-refractivity contribution in [1.82, 2.24) is 9.55 Å². The van der Waals surface area contributed by atoms with Crippen molar-refractivity contribution in [2.75, 3.05) is 0 Å². The molecule has 1 N–H and O–H groups in total. The van der Waals surface area contributed by atoms with Gasteiger partial charge in [-0.2, -0.15) is 5.26 Å². The molecule has 0 atom stereocenters. The summed E-state index contributed by atoms with van der Waals surface area (Å²) in [6, 6.07) is 2.07. The quantitative estimate of drug-likeness (QED) is 0.885. The minimum absolute atomic E-state index is 0.119. The summed E-state index contributed by atoms with van der Waals surface area (Å²) in [7, 11) is 0. The van der Waals surface area contributed by atoms with Crippen LogP contribution in [0.2, 0.25) is 0 Å². The van der Waals surface area contributed by atoms with E-state index in [4.69, 9.17) is 5.26 Å². The van der Waals surface area contributed by atoms with Crippen LogP contribution in [0, 0.1) is 40.9 Å². The van der Waals surface area contributed by atoms with Crippen LogP contribution < -0.4 is 0 Å². The third-order valence-electron chi connectivity index (χ3n) is 5.75. The minimum atomic E-state index is -0.119. The van der Waals surface area contributed by atoms with E-state index in [9.17, 15) is 5.11 Å². The highest BCUT2D eigenvalue weighted by atomic mass is 16.3. The van der Waals surface area contributed by atoms with Gasteiger partial charge in [-0.15, -0.1) is 0 Å². The first-order chi connectivity index (χ1) is 9.24. The highest BCUT2D eigenvalue weighted by molar-refractivity contribution is 5.31. The molecule has 0 radical (unpaired) electrons. The molecule has 19 heavy (non-hydrogen) atoms. The Morgan fingerprint density at radius 2 is 1.84 bits per heavy atom. The maximum atomic E-state index is 9.56. The molecule has 1 heterocycles. The maximum Gasteiger partial charge on any atom is 0.248 e. The number of nitrogens with zero attached hydrogens (tertiary/aromatic N) is 3. The van der Waals surface area contributed by atoms with Gasteiger partial charge >= 0.3 is 0 Å². The highest BCUT2D eigenvalue weighted by Crippen LogP contribution is 2.56. The first-order valence-electron chi connectivity index (χ1n) is 7.38. The van der Waals surface area contributed by atoms with E-state index >= 15 is 0 Å². The summed E-state index contributed by atoms with van der Waals surface area (Å²) in [6.45, 7) is 0.866. The van der Waals surface area contributed by atoms with Crippen molar-refractivity contribution in [2.45, 2.75) is 38.6 Å². The molecule has 4 saturated carbocycles. The second kappa shape index (κ2) is 4.00. The second-order valence-corrected chi connectivity index (χ2v) is 6.78. The Balaban J connectivity index is 1.59. The average molecular weight is 257 g/mol. The Morgan fingerprint density at radius 3 is 2.42 bits per heavy atom. The van der Waals surface area contributed by atoms with E-state index in [1.807, 2.05) is 4.57 Å². The van der Waals surface area contributed by atoms with Crippen molar-refractivity contribution >= 4 is 0 Å². The number of hydrogen-bond acceptors (Lipinski definition) is 3.